The summed E-state index contributed by atoms with van der Waals surface area (Å²) in [5.41, 5.74) is 0. The average Bonchev–Trinajstić information content (AvgIpc) is 2.22. The van der Waals surface area contributed by atoms with Crippen LogP contribution in [0.1, 0.15) is 0 Å². The Hall–Kier alpha value is -0.840. The quantitative estimate of drug-likeness (QED) is 0.826. The van der Waals surface area contributed by atoms with Crippen LogP contribution in [-0.2, 0) is 0 Å². The van der Waals surface area contributed by atoms with Crippen LogP contribution in [0.5, 0.6) is 11.6 Å². The molecule has 82 valence electrons. The van der Waals surface area contributed by atoms with E-state index in [9.17, 15) is 0 Å². The summed E-state index contributed by atoms with van der Waals surface area (Å²) >= 11 is 15.0. The lowest BCUT2D eigenvalue weighted by atomic mass is 10.3. The molecule has 0 fully saturated rings. The Morgan fingerprint density at radius 1 is 1.19 bits per heavy atom. The summed E-state index contributed by atoms with van der Waals surface area (Å²) in [4.78, 5) is 7.80. The van der Waals surface area contributed by atoms with Gasteiger partial charge in [0.1, 0.15) is 5.75 Å². The summed E-state index contributed by atoms with van der Waals surface area (Å²) in [6.45, 7) is 0. The van der Waals surface area contributed by atoms with Crippen LogP contribution in [-0.4, -0.2) is 9.97 Å². The summed E-state index contributed by atoms with van der Waals surface area (Å²) in [7, 11) is 0. The van der Waals surface area contributed by atoms with Crippen LogP contribution in [0.3, 0.4) is 0 Å². The first-order valence-corrected chi connectivity index (χ1v) is 5.80. The van der Waals surface area contributed by atoms with E-state index < -0.39 is 0 Å². The van der Waals surface area contributed by atoms with Crippen LogP contribution >= 0.6 is 39.1 Å². The monoisotopic (exact) mass is 318 g/mol. The summed E-state index contributed by atoms with van der Waals surface area (Å²) < 4.78 is 6.31. The van der Waals surface area contributed by atoms with E-state index in [0.717, 1.165) is 4.47 Å². The van der Waals surface area contributed by atoms with Gasteiger partial charge < -0.3 is 4.74 Å². The number of nitrogens with zero attached hydrogens (tertiary/aromatic N) is 2. The van der Waals surface area contributed by atoms with E-state index in [1.807, 2.05) is 6.07 Å². The Balaban J connectivity index is 2.27. The number of halogens is 3. The van der Waals surface area contributed by atoms with Gasteiger partial charge in [-0.3, -0.25) is 4.98 Å². The zero-order valence-corrected chi connectivity index (χ0v) is 10.9. The lowest BCUT2D eigenvalue weighted by Gasteiger charge is -2.06. The predicted molar refractivity (Wildman–Crippen MR) is 66.3 cm³/mol. The van der Waals surface area contributed by atoms with Gasteiger partial charge in [-0.05, 0) is 18.2 Å². The lowest BCUT2D eigenvalue weighted by molar-refractivity contribution is 0.460. The van der Waals surface area contributed by atoms with E-state index >= 15 is 0 Å². The van der Waals surface area contributed by atoms with Gasteiger partial charge in [-0.1, -0.05) is 39.1 Å². The highest BCUT2D eigenvalue weighted by molar-refractivity contribution is 9.10. The van der Waals surface area contributed by atoms with Crippen molar-refractivity contribution in [1.82, 2.24) is 9.97 Å². The molecule has 0 N–H and O–H groups in total. The standard InChI is InChI=1S/C10H5BrCl2N2O/c11-6-1-2-8(7(12)3-6)16-10-5-14-4-9(13)15-10/h1-5H. The van der Waals surface area contributed by atoms with Crippen LogP contribution in [0.2, 0.25) is 10.2 Å². The summed E-state index contributed by atoms with van der Waals surface area (Å²) in [5, 5.41) is 0.752. The van der Waals surface area contributed by atoms with Gasteiger partial charge in [0.05, 0.1) is 17.4 Å². The summed E-state index contributed by atoms with van der Waals surface area (Å²) in [6.07, 6.45) is 2.89. The van der Waals surface area contributed by atoms with Crippen LogP contribution in [0.25, 0.3) is 0 Å². The number of hydrogen-bond acceptors (Lipinski definition) is 3. The Labute approximate surface area is 111 Å². The Morgan fingerprint density at radius 2 is 2.00 bits per heavy atom. The van der Waals surface area contributed by atoms with Crippen molar-refractivity contribution < 1.29 is 4.74 Å². The minimum absolute atomic E-state index is 0.269. The van der Waals surface area contributed by atoms with Crippen LogP contribution < -0.4 is 4.74 Å². The maximum Gasteiger partial charge on any atom is 0.239 e. The molecule has 2 rings (SSSR count). The molecule has 0 saturated heterocycles. The molecule has 1 aromatic carbocycles. The molecular formula is C10H5BrCl2N2O. The first kappa shape index (κ1) is 11.6. The van der Waals surface area contributed by atoms with Crippen molar-refractivity contribution in [3.05, 3.63) is 45.2 Å². The molecule has 16 heavy (non-hydrogen) atoms. The van der Waals surface area contributed by atoms with Crippen molar-refractivity contribution in [3.8, 4) is 11.6 Å². The van der Waals surface area contributed by atoms with Crippen molar-refractivity contribution in [1.29, 1.82) is 0 Å². The second-order valence-electron chi connectivity index (χ2n) is 2.86. The second kappa shape index (κ2) is 4.99. The van der Waals surface area contributed by atoms with Crippen molar-refractivity contribution in [2.24, 2.45) is 0 Å². The molecule has 0 radical (unpaired) electrons. The average molecular weight is 320 g/mol. The van der Waals surface area contributed by atoms with E-state index in [-0.39, 0.29) is 5.15 Å². The van der Waals surface area contributed by atoms with E-state index in [0.29, 0.717) is 16.7 Å². The molecule has 0 atom stereocenters. The number of ether oxygens (including phenoxy) is 1. The lowest BCUT2D eigenvalue weighted by Crippen LogP contribution is -1.90. The number of benzene rings is 1. The topological polar surface area (TPSA) is 35.0 Å². The Kier molecular flexibility index (Phi) is 3.63. The molecule has 0 bridgehead atoms. The van der Waals surface area contributed by atoms with E-state index in [4.69, 9.17) is 27.9 Å². The zero-order valence-electron chi connectivity index (χ0n) is 7.82. The maximum atomic E-state index is 5.98. The smallest absolute Gasteiger partial charge is 0.239 e. The fraction of sp³-hybridized carbons (Fsp3) is 0. The van der Waals surface area contributed by atoms with E-state index in [2.05, 4.69) is 25.9 Å². The second-order valence-corrected chi connectivity index (χ2v) is 4.57. The van der Waals surface area contributed by atoms with Gasteiger partial charge in [0, 0.05) is 4.47 Å². The highest BCUT2D eigenvalue weighted by atomic mass is 79.9. The fourth-order valence-corrected chi connectivity index (χ4v) is 1.90. The Bertz CT molecular complexity index is 522. The van der Waals surface area contributed by atoms with Crippen LogP contribution in [0, 0.1) is 0 Å². The number of hydrogen-bond donors (Lipinski definition) is 0. The molecule has 0 spiro atoms. The van der Waals surface area contributed by atoms with Gasteiger partial charge in [0.15, 0.2) is 5.15 Å². The zero-order chi connectivity index (χ0) is 11.5. The minimum atomic E-state index is 0.269. The van der Waals surface area contributed by atoms with Gasteiger partial charge >= 0.3 is 0 Å². The highest BCUT2D eigenvalue weighted by Crippen LogP contribution is 2.30. The molecule has 0 aliphatic carbocycles. The van der Waals surface area contributed by atoms with Gasteiger partial charge in [-0.25, -0.2) is 0 Å². The molecule has 0 saturated carbocycles. The van der Waals surface area contributed by atoms with Crippen LogP contribution in [0.15, 0.2) is 35.1 Å². The third kappa shape index (κ3) is 2.84. The van der Waals surface area contributed by atoms with Gasteiger partial charge in [0.25, 0.3) is 0 Å². The fourth-order valence-electron chi connectivity index (χ4n) is 1.05. The van der Waals surface area contributed by atoms with Crippen molar-refractivity contribution in [3.63, 3.8) is 0 Å². The SMILES string of the molecule is Clc1cncc(Oc2ccc(Br)cc2Cl)n1. The van der Waals surface area contributed by atoms with E-state index in [1.165, 1.54) is 12.4 Å². The number of aromatic nitrogens is 2. The minimum Gasteiger partial charge on any atom is -0.436 e. The molecule has 1 aromatic heterocycles. The summed E-state index contributed by atoms with van der Waals surface area (Å²) in [5.74, 6) is 0.804. The first-order chi connectivity index (χ1) is 7.65. The first-order valence-electron chi connectivity index (χ1n) is 4.25. The molecular weight excluding hydrogens is 315 g/mol. The van der Waals surface area contributed by atoms with Gasteiger partial charge in [0.2, 0.25) is 5.88 Å². The maximum absolute atomic E-state index is 5.98. The van der Waals surface area contributed by atoms with Crippen LogP contribution in [0.4, 0.5) is 0 Å². The number of rotatable bonds is 2. The van der Waals surface area contributed by atoms with E-state index in [1.54, 1.807) is 12.1 Å². The van der Waals surface area contributed by atoms with Gasteiger partial charge in [-0.2, -0.15) is 4.98 Å². The predicted octanol–water partition coefficient (Wildman–Crippen LogP) is 4.34. The van der Waals surface area contributed by atoms with Crippen molar-refractivity contribution in [2.45, 2.75) is 0 Å². The molecule has 0 amide bonds. The highest BCUT2D eigenvalue weighted by Gasteiger charge is 2.05. The molecule has 3 nitrogen and oxygen atoms in total. The third-order valence-corrected chi connectivity index (χ3v) is 2.66. The van der Waals surface area contributed by atoms with Gasteiger partial charge in [-0.15, -0.1) is 0 Å². The molecule has 2 aromatic rings. The molecule has 0 aliphatic rings. The largest absolute Gasteiger partial charge is 0.436 e. The molecule has 1 heterocycles. The van der Waals surface area contributed by atoms with Crippen molar-refractivity contribution >= 4 is 39.1 Å². The summed E-state index contributed by atoms with van der Waals surface area (Å²) in [6, 6.07) is 5.28. The third-order valence-electron chi connectivity index (χ3n) is 1.69. The normalized spacial score (nSPS) is 10.2. The van der Waals surface area contributed by atoms with Crippen molar-refractivity contribution in [2.75, 3.05) is 0 Å². The Morgan fingerprint density at radius 3 is 2.69 bits per heavy atom. The molecule has 6 heteroatoms. The molecule has 0 aliphatic heterocycles. The molecule has 0 unspecified atom stereocenters.